The van der Waals surface area contributed by atoms with Crippen LogP contribution in [-0.2, 0) is 12.8 Å². The van der Waals surface area contributed by atoms with E-state index in [0.29, 0.717) is 22.8 Å². The summed E-state index contributed by atoms with van der Waals surface area (Å²) in [5, 5.41) is 0. The van der Waals surface area contributed by atoms with Crippen LogP contribution in [0.5, 0.6) is 0 Å². The molecule has 2 fully saturated rings. The van der Waals surface area contributed by atoms with E-state index in [4.69, 9.17) is 0 Å². The molecule has 160 valence electrons. The predicted octanol–water partition coefficient (Wildman–Crippen LogP) is 6.23. The first kappa shape index (κ1) is 18.5. The highest BCUT2D eigenvalue weighted by molar-refractivity contribution is 5.79. The lowest BCUT2D eigenvalue weighted by molar-refractivity contribution is 0.0723. The molecule has 3 aliphatic heterocycles. The van der Waals surface area contributed by atoms with E-state index in [1.54, 1.807) is 16.8 Å². The van der Waals surface area contributed by atoms with E-state index in [2.05, 4.69) is 71.3 Å². The lowest BCUT2D eigenvalue weighted by Crippen LogP contribution is -2.50. The maximum Gasteiger partial charge on any atom is 0.0483 e. The zero-order chi connectivity index (χ0) is 20.6. The number of aryl methyl sites for hydroxylation is 2. The normalized spacial score (nSPS) is 35.5. The smallest absolute Gasteiger partial charge is 0.0483 e. The van der Waals surface area contributed by atoms with Crippen LogP contribution >= 0.6 is 0 Å². The van der Waals surface area contributed by atoms with Gasteiger partial charge in [0.1, 0.15) is 0 Å². The third-order valence-corrected chi connectivity index (χ3v) is 9.46. The van der Waals surface area contributed by atoms with Gasteiger partial charge in [0, 0.05) is 48.4 Å². The summed E-state index contributed by atoms with van der Waals surface area (Å²) in [5.41, 5.74) is 8.71. The molecular formula is C29H34N2. The molecule has 6 aliphatic rings. The third-order valence-electron chi connectivity index (χ3n) is 9.46. The Bertz CT molecular complexity index is 1060. The number of rotatable bonds is 2. The van der Waals surface area contributed by atoms with Gasteiger partial charge in [-0.15, -0.1) is 0 Å². The Kier molecular flexibility index (Phi) is 3.87. The van der Waals surface area contributed by atoms with Crippen LogP contribution in [0.3, 0.4) is 0 Å². The summed E-state index contributed by atoms with van der Waals surface area (Å²) in [6, 6.07) is 17.0. The fraction of sp³-hybridized carbons (Fsp3) is 0.517. The molecule has 2 aromatic carbocycles. The number of fused-ring (bicyclic) bond motifs is 7. The summed E-state index contributed by atoms with van der Waals surface area (Å²) in [6.07, 6.45) is 14.4. The van der Waals surface area contributed by atoms with E-state index in [-0.39, 0.29) is 0 Å². The van der Waals surface area contributed by atoms with Gasteiger partial charge in [-0.05, 0) is 73.1 Å². The number of hydrogen-bond donors (Lipinski definition) is 0. The Labute approximate surface area is 186 Å². The fourth-order valence-corrected chi connectivity index (χ4v) is 7.55. The second-order valence-electron chi connectivity index (χ2n) is 11.4. The molecule has 1 saturated carbocycles. The maximum absolute atomic E-state index is 2.83. The Morgan fingerprint density at radius 2 is 1.71 bits per heavy atom. The molecule has 3 aliphatic carbocycles. The van der Waals surface area contributed by atoms with Gasteiger partial charge >= 0.3 is 0 Å². The molecule has 8 rings (SSSR count). The van der Waals surface area contributed by atoms with Gasteiger partial charge in [-0.2, -0.15) is 0 Å². The summed E-state index contributed by atoms with van der Waals surface area (Å²) in [5.74, 6) is 0.646. The van der Waals surface area contributed by atoms with Gasteiger partial charge in [0.05, 0.1) is 0 Å². The number of likely N-dealkylation sites (tertiary alicyclic amines) is 1. The highest BCUT2D eigenvalue weighted by Gasteiger charge is 2.47. The quantitative estimate of drug-likeness (QED) is 0.541. The zero-order valence-corrected chi connectivity index (χ0v) is 18.8. The van der Waals surface area contributed by atoms with E-state index < -0.39 is 0 Å². The molecular weight excluding hydrogens is 376 g/mol. The number of piperidine rings is 1. The van der Waals surface area contributed by atoms with Crippen LogP contribution in [0, 0.1) is 10.8 Å². The second kappa shape index (κ2) is 6.48. The van der Waals surface area contributed by atoms with Gasteiger partial charge < -0.3 is 9.80 Å². The van der Waals surface area contributed by atoms with E-state index in [1.165, 1.54) is 75.8 Å². The van der Waals surface area contributed by atoms with E-state index in [9.17, 15) is 0 Å². The number of hydrogen-bond acceptors (Lipinski definition) is 2. The molecule has 2 bridgehead atoms. The van der Waals surface area contributed by atoms with Crippen LogP contribution in [0.4, 0.5) is 11.4 Å². The van der Waals surface area contributed by atoms with E-state index in [1.807, 2.05) is 0 Å². The number of para-hydroxylation sites is 2. The van der Waals surface area contributed by atoms with Crippen molar-refractivity contribution in [2.24, 2.45) is 10.8 Å². The lowest BCUT2D eigenvalue weighted by atomic mass is 9.59. The Hall–Kier alpha value is -2.06. The molecule has 2 atom stereocenters. The first-order valence-corrected chi connectivity index (χ1v) is 12.5. The van der Waals surface area contributed by atoms with Crippen molar-refractivity contribution < 1.29 is 0 Å². The molecule has 0 amide bonds. The zero-order valence-electron chi connectivity index (χ0n) is 18.8. The van der Waals surface area contributed by atoms with Crippen LogP contribution in [0.25, 0.3) is 0 Å². The largest absolute Gasteiger partial charge is 0.337 e. The van der Waals surface area contributed by atoms with Crippen LogP contribution < -0.4 is 4.90 Å². The molecule has 0 radical (unpaired) electrons. The molecule has 31 heavy (non-hydrogen) atoms. The van der Waals surface area contributed by atoms with Crippen molar-refractivity contribution >= 4 is 11.4 Å². The predicted molar refractivity (Wildman–Crippen MR) is 128 cm³/mol. The van der Waals surface area contributed by atoms with Crippen molar-refractivity contribution in [2.75, 3.05) is 24.5 Å². The van der Waals surface area contributed by atoms with E-state index >= 15 is 0 Å². The minimum absolute atomic E-state index is 0.450. The molecule has 3 heterocycles. The Morgan fingerprint density at radius 1 is 0.903 bits per heavy atom. The maximum atomic E-state index is 2.83. The second-order valence-corrected chi connectivity index (χ2v) is 11.4. The summed E-state index contributed by atoms with van der Waals surface area (Å²) in [4.78, 5) is 5.59. The first-order valence-electron chi connectivity index (χ1n) is 12.5. The summed E-state index contributed by atoms with van der Waals surface area (Å²) < 4.78 is 0. The van der Waals surface area contributed by atoms with Crippen molar-refractivity contribution in [3.8, 4) is 0 Å². The van der Waals surface area contributed by atoms with Crippen molar-refractivity contribution in [3.63, 3.8) is 0 Å². The van der Waals surface area contributed by atoms with Gasteiger partial charge in [0.2, 0.25) is 0 Å². The van der Waals surface area contributed by atoms with Gasteiger partial charge in [-0.3, -0.25) is 0 Å². The Morgan fingerprint density at radius 3 is 2.55 bits per heavy atom. The monoisotopic (exact) mass is 410 g/mol. The Balaban J connectivity index is 1.22. The SMILES string of the molecule is CC12C=CC(CN3CC[C@@H]4[C@@H](C3)c3cccc5c3N4c3ccccc3CC5)(CC1)CC2. The molecule has 0 aromatic heterocycles. The van der Waals surface area contributed by atoms with Crippen LogP contribution in [-0.4, -0.2) is 30.6 Å². The minimum atomic E-state index is 0.450. The van der Waals surface area contributed by atoms with Crippen molar-refractivity contribution in [1.82, 2.24) is 4.90 Å². The first-order chi connectivity index (χ1) is 15.1. The molecule has 0 N–H and O–H groups in total. The number of anilines is 2. The summed E-state index contributed by atoms with van der Waals surface area (Å²) in [7, 11) is 0. The van der Waals surface area contributed by atoms with Crippen molar-refractivity contribution in [3.05, 3.63) is 71.3 Å². The summed E-state index contributed by atoms with van der Waals surface area (Å²) >= 11 is 0. The minimum Gasteiger partial charge on any atom is -0.337 e. The van der Waals surface area contributed by atoms with Gasteiger partial charge in [-0.1, -0.05) is 55.5 Å². The van der Waals surface area contributed by atoms with Gasteiger partial charge in [-0.25, -0.2) is 0 Å². The molecule has 2 aromatic rings. The average Bonchev–Trinajstić information content (AvgIpc) is 3.02. The third kappa shape index (κ3) is 2.73. The molecule has 0 unspecified atom stereocenters. The highest BCUT2D eigenvalue weighted by Crippen LogP contribution is 2.55. The van der Waals surface area contributed by atoms with Crippen LogP contribution in [0.2, 0.25) is 0 Å². The highest BCUT2D eigenvalue weighted by atomic mass is 15.3. The van der Waals surface area contributed by atoms with Crippen molar-refractivity contribution in [1.29, 1.82) is 0 Å². The fourth-order valence-electron chi connectivity index (χ4n) is 7.55. The standard InChI is InChI=1S/C29H34N2/c1-28-12-15-29(16-13-28,17-14-28)20-30-18-11-26-24(19-30)23-7-4-6-22-10-9-21-5-2-3-8-25(21)31(26)27(22)23/h2-8,12,15,24,26H,9-11,13-14,16-20H2,1H3/t24-,26+,28?,29?/m0/s1. The van der Waals surface area contributed by atoms with E-state index in [0.717, 1.165) is 0 Å². The number of nitrogens with zero attached hydrogens (tertiary/aromatic N) is 2. The topological polar surface area (TPSA) is 6.48 Å². The van der Waals surface area contributed by atoms with Gasteiger partial charge in [0.15, 0.2) is 0 Å². The molecule has 2 heteroatoms. The van der Waals surface area contributed by atoms with Gasteiger partial charge in [0.25, 0.3) is 0 Å². The van der Waals surface area contributed by atoms with Crippen LogP contribution in [0.15, 0.2) is 54.6 Å². The molecule has 2 nitrogen and oxygen atoms in total. The molecule has 1 saturated heterocycles. The van der Waals surface area contributed by atoms with Crippen LogP contribution in [0.1, 0.15) is 61.6 Å². The lowest BCUT2D eigenvalue weighted by Gasteiger charge is -2.50. The van der Waals surface area contributed by atoms with Crippen molar-refractivity contribution in [2.45, 2.75) is 63.8 Å². The number of allylic oxidation sites excluding steroid dienone is 1. The average molecular weight is 411 g/mol. The summed E-state index contributed by atoms with van der Waals surface area (Å²) in [6.45, 7) is 6.21. The number of benzene rings is 2. The molecule has 0 spiro atoms.